The molecule has 1 heterocycles. The first kappa shape index (κ1) is 17.3. The highest BCUT2D eigenvalue weighted by molar-refractivity contribution is 5.30. The predicted octanol–water partition coefficient (Wildman–Crippen LogP) is 3.58. The summed E-state index contributed by atoms with van der Waals surface area (Å²) in [5.41, 5.74) is 7.63. The average Bonchev–Trinajstić information content (AvgIpc) is 2.51. The Balaban J connectivity index is 2.03. The zero-order valence-electron chi connectivity index (χ0n) is 14.5. The number of likely N-dealkylation sites (tertiary alicyclic amines) is 1. The van der Waals surface area contributed by atoms with E-state index < -0.39 is 0 Å². The Morgan fingerprint density at radius 2 is 2.09 bits per heavy atom. The Morgan fingerprint density at radius 3 is 2.73 bits per heavy atom. The van der Waals surface area contributed by atoms with E-state index in [9.17, 15) is 5.11 Å². The van der Waals surface area contributed by atoms with Gasteiger partial charge in [0.05, 0.1) is 0 Å². The lowest BCUT2D eigenvalue weighted by Gasteiger charge is -2.44. The first-order chi connectivity index (χ1) is 10.4. The normalized spacial score (nSPS) is 29.2. The molecule has 2 unspecified atom stereocenters. The maximum atomic E-state index is 9.73. The molecule has 0 bridgehead atoms. The van der Waals surface area contributed by atoms with Crippen LogP contribution in [0.25, 0.3) is 0 Å². The monoisotopic (exact) mass is 304 g/mol. The number of rotatable bonds is 5. The molecule has 3 N–H and O–H groups in total. The fourth-order valence-corrected chi connectivity index (χ4v) is 3.68. The highest BCUT2D eigenvalue weighted by atomic mass is 16.3. The summed E-state index contributed by atoms with van der Waals surface area (Å²) in [7, 11) is 0. The van der Waals surface area contributed by atoms with Crippen molar-refractivity contribution in [3.8, 4) is 5.75 Å². The lowest BCUT2D eigenvalue weighted by Crippen LogP contribution is -2.51. The van der Waals surface area contributed by atoms with E-state index in [4.69, 9.17) is 5.73 Å². The van der Waals surface area contributed by atoms with Crippen molar-refractivity contribution in [2.45, 2.75) is 58.5 Å². The van der Waals surface area contributed by atoms with Crippen LogP contribution in [0.2, 0.25) is 0 Å². The topological polar surface area (TPSA) is 49.5 Å². The molecule has 0 saturated carbocycles. The molecule has 1 fully saturated rings. The van der Waals surface area contributed by atoms with E-state index in [0.29, 0.717) is 29.5 Å². The Morgan fingerprint density at radius 1 is 1.36 bits per heavy atom. The standard InChI is InChI=1S/C19H32N2O/c1-5-13(2)19(20)12-21-10-9-18(14(3)15(21)4)16-7-6-8-17(22)11-16/h6-8,11,13-15,18-19,22H,5,9-10,12,20H2,1-4H3/t13?,14-,15?,18+,19+/m0/s1. The molecule has 124 valence electrons. The number of piperidine rings is 1. The molecule has 0 aromatic heterocycles. The highest BCUT2D eigenvalue weighted by Gasteiger charge is 2.34. The molecule has 1 aliphatic heterocycles. The summed E-state index contributed by atoms with van der Waals surface area (Å²) >= 11 is 0. The summed E-state index contributed by atoms with van der Waals surface area (Å²) in [5.74, 6) is 2.04. The molecule has 1 saturated heterocycles. The molecule has 1 aromatic carbocycles. The molecule has 1 aliphatic rings. The highest BCUT2D eigenvalue weighted by Crippen LogP contribution is 2.37. The fourth-order valence-electron chi connectivity index (χ4n) is 3.68. The van der Waals surface area contributed by atoms with Crippen LogP contribution in [-0.2, 0) is 0 Å². The molecule has 22 heavy (non-hydrogen) atoms. The van der Waals surface area contributed by atoms with Gasteiger partial charge in [-0.25, -0.2) is 0 Å². The largest absolute Gasteiger partial charge is 0.508 e. The van der Waals surface area contributed by atoms with Crippen LogP contribution in [0, 0.1) is 11.8 Å². The summed E-state index contributed by atoms with van der Waals surface area (Å²) in [4.78, 5) is 2.56. The first-order valence-corrected chi connectivity index (χ1v) is 8.72. The summed E-state index contributed by atoms with van der Waals surface area (Å²) in [6.07, 6.45) is 2.28. The van der Waals surface area contributed by atoms with E-state index in [0.717, 1.165) is 25.9 Å². The smallest absolute Gasteiger partial charge is 0.115 e. The van der Waals surface area contributed by atoms with Crippen LogP contribution in [0.3, 0.4) is 0 Å². The van der Waals surface area contributed by atoms with Gasteiger partial charge in [-0.05, 0) is 55.3 Å². The zero-order chi connectivity index (χ0) is 16.3. The van der Waals surface area contributed by atoms with E-state index in [-0.39, 0.29) is 6.04 Å². The molecule has 1 aromatic rings. The van der Waals surface area contributed by atoms with E-state index in [1.54, 1.807) is 6.07 Å². The molecule has 2 rings (SSSR count). The van der Waals surface area contributed by atoms with Crippen LogP contribution < -0.4 is 5.73 Å². The molecule has 0 radical (unpaired) electrons. The van der Waals surface area contributed by atoms with Crippen molar-refractivity contribution in [2.24, 2.45) is 17.6 Å². The minimum absolute atomic E-state index is 0.261. The number of nitrogens with two attached hydrogens (primary N) is 1. The van der Waals surface area contributed by atoms with Crippen molar-refractivity contribution in [3.05, 3.63) is 29.8 Å². The van der Waals surface area contributed by atoms with Crippen LogP contribution in [0.5, 0.6) is 5.75 Å². The Labute approximate surface area is 135 Å². The lowest BCUT2D eigenvalue weighted by atomic mass is 9.77. The molecular formula is C19H32N2O. The number of aromatic hydroxyl groups is 1. The van der Waals surface area contributed by atoms with Crippen LogP contribution in [-0.4, -0.2) is 35.2 Å². The van der Waals surface area contributed by atoms with Crippen LogP contribution >= 0.6 is 0 Å². The van der Waals surface area contributed by atoms with Gasteiger partial charge in [-0.3, -0.25) is 4.90 Å². The minimum Gasteiger partial charge on any atom is -0.508 e. The van der Waals surface area contributed by atoms with Crippen molar-refractivity contribution in [3.63, 3.8) is 0 Å². The SMILES string of the molecule is CCC(C)[C@H](N)CN1CC[C@@H](c2cccc(O)c2)[C@@H](C)C1C. The Hall–Kier alpha value is -1.06. The summed E-state index contributed by atoms with van der Waals surface area (Å²) in [6.45, 7) is 11.2. The van der Waals surface area contributed by atoms with Crippen molar-refractivity contribution < 1.29 is 5.11 Å². The maximum Gasteiger partial charge on any atom is 0.115 e. The summed E-state index contributed by atoms with van der Waals surface area (Å²) in [6, 6.07) is 8.56. The van der Waals surface area contributed by atoms with Crippen LogP contribution in [0.4, 0.5) is 0 Å². The van der Waals surface area contributed by atoms with Crippen molar-refractivity contribution >= 4 is 0 Å². The lowest BCUT2D eigenvalue weighted by molar-refractivity contribution is 0.0837. The van der Waals surface area contributed by atoms with Crippen LogP contribution in [0.1, 0.15) is 52.0 Å². The summed E-state index contributed by atoms with van der Waals surface area (Å²) in [5, 5.41) is 9.73. The third-order valence-electron chi connectivity index (χ3n) is 5.82. The van der Waals surface area contributed by atoms with Crippen molar-refractivity contribution in [2.75, 3.05) is 13.1 Å². The van der Waals surface area contributed by atoms with Crippen molar-refractivity contribution in [1.82, 2.24) is 4.90 Å². The second kappa shape index (κ2) is 7.47. The van der Waals surface area contributed by atoms with Gasteiger partial charge in [0.2, 0.25) is 0 Å². The molecule has 0 aliphatic carbocycles. The van der Waals surface area contributed by atoms with Crippen LogP contribution in [0.15, 0.2) is 24.3 Å². The molecule has 5 atom stereocenters. The quantitative estimate of drug-likeness (QED) is 0.874. The number of benzene rings is 1. The van der Waals surface area contributed by atoms with E-state index in [1.165, 1.54) is 5.56 Å². The van der Waals surface area contributed by atoms with Crippen molar-refractivity contribution in [1.29, 1.82) is 0 Å². The van der Waals surface area contributed by atoms with Gasteiger partial charge in [0.1, 0.15) is 5.75 Å². The predicted molar refractivity (Wildman–Crippen MR) is 93.1 cm³/mol. The molecular weight excluding hydrogens is 272 g/mol. The van der Waals surface area contributed by atoms with Gasteiger partial charge in [0.25, 0.3) is 0 Å². The molecule has 3 heteroatoms. The zero-order valence-corrected chi connectivity index (χ0v) is 14.5. The fraction of sp³-hybridized carbons (Fsp3) is 0.684. The second-order valence-corrected chi connectivity index (χ2v) is 7.13. The molecule has 3 nitrogen and oxygen atoms in total. The number of phenolic OH excluding ortho intramolecular Hbond substituents is 1. The van der Waals surface area contributed by atoms with Gasteiger partial charge in [-0.2, -0.15) is 0 Å². The maximum absolute atomic E-state index is 9.73. The van der Waals surface area contributed by atoms with Gasteiger partial charge >= 0.3 is 0 Å². The van der Waals surface area contributed by atoms with E-state index in [1.807, 2.05) is 12.1 Å². The number of nitrogens with zero attached hydrogens (tertiary/aromatic N) is 1. The third kappa shape index (κ3) is 3.82. The van der Waals surface area contributed by atoms with Gasteiger partial charge in [0, 0.05) is 18.6 Å². The van der Waals surface area contributed by atoms with Gasteiger partial charge in [-0.1, -0.05) is 39.3 Å². The van der Waals surface area contributed by atoms with E-state index >= 15 is 0 Å². The Kier molecular flexibility index (Phi) is 5.87. The molecule has 0 amide bonds. The van der Waals surface area contributed by atoms with E-state index in [2.05, 4.69) is 38.7 Å². The third-order valence-corrected chi connectivity index (χ3v) is 5.82. The van der Waals surface area contributed by atoms with Gasteiger partial charge in [0.15, 0.2) is 0 Å². The average molecular weight is 304 g/mol. The number of phenols is 1. The number of hydrogen-bond donors (Lipinski definition) is 2. The second-order valence-electron chi connectivity index (χ2n) is 7.13. The Bertz CT molecular complexity index is 476. The van der Waals surface area contributed by atoms with Gasteiger partial charge < -0.3 is 10.8 Å². The minimum atomic E-state index is 0.261. The first-order valence-electron chi connectivity index (χ1n) is 8.72. The number of hydrogen-bond acceptors (Lipinski definition) is 3. The summed E-state index contributed by atoms with van der Waals surface area (Å²) < 4.78 is 0. The molecule has 0 spiro atoms. The van der Waals surface area contributed by atoms with Gasteiger partial charge in [-0.15, -0.1) is 0 Å².